The molecule has 0 spiro atoms. The van der Waals surface area contributed by atoms with Gasteiger partial charge in [0.15, 0.2) is 0 Å². The highest BCUT2D eigenvalue weighted by Gasteiger charge is 2.52. The fourth-order valence-electron chi connectivity index (χ4n) is 4.27. The lowest BCUT2D eigenvalue weighted by Crippen LogP contribution is -2.34. The van der Waals surface area contributed by atoms with Gasteiger partial charge in [0.2, 0.25) is 0 Å². The maximum absolute atomic E-state index is 2.41. The molecule has 0 aliphatic carbocycles. The lowest BCUT2D eigenvalue weighted by Gasteiger charge is -2.34. The third-order valence-corrected chi connectivity index (χ3v) is 11.7. The maximum atomic E-state index is 2.41. The third-order valence-electron chi connectivity index (χ3n) is 5.42. The van der Waals surface area contributed by atoms with E-state index in [2.05, 4.69) is 116 Å². The molecule has 0 aliphatic rings. The molecule has 0 bridgehead atoms. The van der Waals surface area contributed by atoms with Crippen LogP contribution in [0.15, 0.2) is 102 Å². The van der Waals surface area contributed by atoms with Gasteiger partial charge in [-0.05, 0) is 66.8 Å². The molecule has 3 aromatic carbocycles. The first-order valence-corrected chi connectivity index (χ1v) is 12.6. The van der Waals surface area contributed by atoms with Crippen molar-refractivity contribution in [2.45, 2.75) is 25.9 Å². The number of hydrogen-bond acceptors (Lipinski definition) is 1. The van der Waals surface area contributed by atoms with E-state index in [1.807, 2.05) is 11.3 Å². The highest BCUT2D eigenvalue weighted by atomic mass is 32.1. The number of thiophene rings is 1. The van der Waals surface area contributed by atoms with E-state index in [1.54, 1.807) is 0 Å². The summed E-state index contributed by atoms with van der Waals surface area (Å²) in [6.45, 7) is 4.56. The minimum absolute atomic E-state index is 0.471. The average molecular weight is 402 g/mol. The zero-order chi connectivity index (χ0) is 19.4. The van der Waals surface area contributed by atoms with Crippen LogP contribution in [0.5, 0.6) is 0 Å². The van der Waals surface area contributed by atoms with E-state index in [0.717, 1.165) is 6.42 Å². The average Bonchev–Trinajstić information content (AvgIpc) is 3.19. The van der Waals surface area contributed by atoms with E-state index in [1.165, 1.54) is 26.4 Å². The molecule has 0 aliphatic heterocycles. The van der Waals surface area contributed by atoms with Crippen molar-refractivity contribution >= 4 is 34.5 Å². The van der Waals surface area contributed by atoms with Gasteiger partial charge in [0, 0.05) is 4.88 Å². The summed E-state index contributed by atoms with van der Waals surface area (Å²) < 4.78 is 0. The number of hydrogen-bond donors (Lipinski definition) is 0. The zero-order valence-corrected chi connectivity index (χ0v) is 18.2. The third kappa shape index (κ3) is 3.34. The predicted octanol–water partition coefficient (Wildman–Crippen LogP) is 6.50. The second-order valence-electron chi connectivity index (χ2n) is 7.18. The normalized spacial score (nSPS) is 12.6. The molecule has 0 amide bonds. The van der Waals surface area contributed by atoms with Crippen LogP contribution in [0, 0.1) is 6.92 Å². The summed E-state index contributed by atoms with van der Waals surface area (Å²) in [5.74, 6) is 0. The summed E-state index contributed by atoms with van der Waals surface area (Å²) >= 11 is 1.92. The number of benzene rings is 3. The van der Waals surface area contributed by atoms with Crippen LogP contribution in [0.4, 0.5) is 0 Å². The van der Waals surface area contributed by atoms with Crippen molar-refractivity contribution in [3.8, 4) is 0 Å². The molecular weight excluding hydrogens is 375 g/mol. The van der Waals surface area contributed by atoms with Crippen molar-refractivity contribution in [2.24, 2.45) is 0 Å². The van der Waals surface area contributed by atoms with Crippen LogP contribution < -0.4 is 15.9 Å². The Morgan fingerprint density at radius 2 is 1.14 bits per heavy atom. The lowest BCUT2D eigenvalue weighted by atomic mass is 10.2. The quantitative estimate of drug-likeness (QED) is 0.323. The summed E-state index contributed by atoms with van der Waals surface area (Å²) in [5, 5.41) is 6.69. The van der Waals surface area contributed by atoms with Crippen molar-refractivity contribution in [3.05, 3.63) is 113 Å². The first kappa shape index (κ1) is 19.1. The molecule has 1 atom stereocenters. The maximum Gasteiger partial charge on any atom is 0.120 e. The monoisotopic (exact) mass is 401 g/mol. The SMILES string of the molecule is CCC(c1cc(C)cs1)[P+](c1ccccc1)(c1ccccc1)c1ccccc1. The minimum Gasteiger partial charge on any atom is -0.144 e. The number of aryl methyl sites for hydroxylation is 1. The molecule has 4 rings (SSSR count). The van der Waals surface area contributed by atoms with E-state index < -0.39 is 7.26 Å². The highest BCUT2D eigenvalue weighted by molar-refractivity contribution is 7.96. The molecule has 0 saturated carbocycles. The second-order valence-corrected chi connectivity index (χ2v) is 11.7. The van der Waals surface area contributed by atoms with E-state index in [-0.39, 0.29) is 0 Å². The van der Waals surface area contributed by atoms with Gasteiger partial charge in [0.25, 0.3) is 0 Å². The van der Waals surface area contributed by atoms with Crippen LogP contribution >= 0.6 is 18.6 Å². The standard InChI is InChI=1S/C26H26PS/c1-3-25(26-19-21(2)20-28-26)27(22-13-7-4-8-14-22,23-15-9-5-10-16-23)24-17-11-6-12-18-24/h4-20,25H,3H2,1-2H3/q+1. The van der Waals surface area contributed by atoms with Gasteiger partial charge in [-0.2, -0.15) is 0 Å². The van der Waals surface area contributed by atoms with Crippen LogP contribution in [-0.4, -0.2) is 0 Å². The molecule has 0 N–H and O–H groups in total. The molecule has 1 unspecified atom stereocenters. The van der Waals surface area contributed by atoms with E-state index >= 15 is 0 Å². The molecule has 1 heterocycles. The lowest BCUT2D eigenvalue weighted by molar-refractivity contribution is 0.899. The van der Waals surface area contributed by atoms with E-state index in [0.29, 0.717) is 5.66 Å². The van der Waals surface area contributed by atoms with Crippen LogP contribution in [0.25, 0.3) is 0 Å². The minimum atomic E-state index is -1.86. The van der Waals surface area contributed by atoms with E-state index in [4.69, 9.17) is 0 Å². The summed E-state index contributed by atoms with van der Waals surface area (Å²) in [6.07, 6.45) is 1.12. The van der Waals surface area contributed by atoms with Crippen molar-refractivity contribution in [2.75, 3.05) is 0 Å². The van der Waals surface area contributed by atoms with Gasteiger partial charge >= 0.3 is 0 Å². The van der Waals surface area contributed by atoms with Crippen molar-refractivity contribution in [3.63, 3.8) is 0 Å². The van der Waals surface area contributed by atoms with Gasteiger partial charge in [0.05, 0.1) is 0 Å². The molecule has 0 saturated heterocycles. The van der Waals surface area contributed by atoms with Gasteiger partial charge in [-0.25, -0.2) is 0 Å². The summed E-state index contributed by atoms with van der Waals surface area (Å²) in [6, 6.07) is 36.0. The fourth-order valence-corrected chi connectivity index (χ4v) is 10.8. The molecule has 28 heavy (non-hydrogen) atoms. The highest BCUT2D eigenvalue weighted by Crippen LogP contribution is 2.68. The Labute approximate surface area is 173 Å². The Balaban J connectivity index is 2.09. The fraction of sp³-hybridized carbons (Fsp3) is 0.154. The Hall–Kier alpha value is -2.21. The Morgan fingerprint density at radius 3 is 1.46 bits per heavy atom. The first-order chi connectivity index (χ1) is 13.8. The Morgan fingerprint density at radius 1 is 0.714 bits per heavy atom. The molecule has 4 aromatic rings. The Kier molecular flexibility index (Phi) is 5.76. The van der Waals surface area contributed by atoms with Crippen LogP contribution in [0.1, 0.15) is 29.4 Å². The molecule has 0 radical (unpaired) electrons. The van der Waals surface area contributed by atoms with Gasteiger partial charge in [0.1, 0.15) is 28.8 Å². The predicted molar refractivity (Wildman–Crippen MR) is 127 cm³/mol. The van der Waals surface area contributed by atoms with Crippen LogP contribution in [-0.2, 0) is 0 Å². The Bertz CT molecular complexity index is 909. The molecular formula is C26H26PS+. The molecule has 1 aromatic heterocycles. The molecule has 0 fully saturated rings. The summed E-state index contributed by atoms with van der Waals surface area (Å²) in [7, 11) is -1.86. The smallest absolute Gasteiger partial charge is 0.120 e. The zero-order valence-electron chi connectivity index (χ0n) is 16.5. The van der Waals surface area contributed by atoms with Crippen LogP contribution in [0.2, 0.25) is 0 Å². The van der Waals surface area contributed by atoms with Gasteiger partial charge < -0.3 is 0 Å². The number of rotatable bonds is 6. The van der Waals surface area contributed by atoms with Gasteiger partial charge in [-0.1, -0.05) is 61.5 Å². The van der Waals surface area contributed by atoms with Crippen molar-refractivity contribution in [1.82, 2.24) is 0 Å². The molecule has 2 heteroatoms. The van der Waals surface area contributed by atoms with Crippen LogP contribution in [0.3, 0.4) is 0 Å². The van der Waals surface area contributed by atoms with E-state index in [9.17, 15) is 0 Å². The molecule has 0 nitrogen and oxygen atoms in total. The molecule has 140 valence electrons. The summed E-state index contributed by atoms with van der Waals surface area (Å²) in [5.41, 5.74) is 1.84. The first-order valence-electron chi connectivity index (χ1n) is 9.87. The van der Waals surface area contributed by atoms with Gasteiger partial charge in [-0.15, -0.1) is 11.3 Å². The second kappa shape index (κ2) is 8.43. The van der Waals surface area contributed by atoms with Crippen molar-refractivity contribution in [1.29, 1.82) is 0 Å². The summed E-state index contributed by atoms with van der Waals surface area (Å²) in [4.78, 5) is 1.50. The topological polar surface area (TPSA) is 0 Å². The van der Waals surface area contributed by atoms with Crippen molar-refractivity contribution < 1.29 is 0 Å². The largest absolute Gasteiger partial charge is 0.144 e. The van der Waals surface area contributed by atoms with Gasteiger partial charge in [-0.3, -0.25) is 0 Å².